The van der Waals surface area contributed by atoms with E-state index in [1.807, 2.05) is 4.90 Å². The Labute approximate surface area is 134 Å². The number of aromatic nitrogens is 3. The van der Waals surface area contributed by atoms with Gasteiger partial charge in [0.15, 0.2) is 0 Å². The number of carbonyl (C=O) groups excluding carboxylic acids is 1. The smallest absolute Gasteiger partial charge is 0.292 e. The van der Waals surface area contributed by atoms with Crippen molar-refractivity contribution in [3.8, 4) is 0 Å². The van der Waals surface area contributed by atoms with Crippen molar-refractivity contribution in [3.63, 3.8) is 0 Å². The minimum absolute atomic E-state index is 0.0958. The van der Waals surface area contributed by atoms with Crippen LogP contribution in [0, 0.1) is 5.92 Å². The maximum absolute atomic E-state index is 12.6. The van der Waals surface area contributed by atoms with E-state index in [1.54, 1.807) is 17.8 Å². The maximum Gasteiger partial charge on any atom is 0.292 e. The molecule has 0 aliphatic carbocycles. The van der Waals surface area contributed by atoms with Crippen LogP contribution in [0.2, 0.25) is 0 Å². The van der Waals surface area contributed by atoms with E-state index in [4.69, 9.17) is 14.6 Å². The second-order valence-corrected chi connectivity index (χ2v) is 5.93. The third kappa shape index (κ3) is 3.64. The Morgan fingerprint density at radius 2 is 2.26 bits per heavy atom. The number of allylic oxidation sites excluding steroid dienone is 1. The first-order valence-electron chi connectivity index (χ1n) is 7.93. The first-order chi connectivity index (χ1) is 11.2. The predicted octanol–water partition coefficient (Wildman–Crippen LogP) is 0.287. The summed E-state index contributed by atoms with van der Waals surface area (Å²) in [5.74, 6) is 1.11. The van der Waals surface area contributed by atoms with Crippen LogP contribution in [0.4, 0.5) is 0 Å². The number of likely N-dealkylation sites (tertiary alicyclic amines) is 1. The molecule has 1 aromatic rings. The lowest BCUT2D eigenvalue weighted by molar-refractivity contribution is -0.134. The van der Waals surface area contributed by atoms with Gasteiger partial charge in [0.05, 0.1) is 12.8 Å². The van der Waals surface area contributed by atoms with E-state index >= 15 is 0 Å². The average molecular weight is 322 g/mol. The summed E-state index contributed by atoms with van der Waals surface area (Å²) in [4.78, 5) is 14.4. The van der Waals surface area contributed by atoms with Gasteiger partial charge in [0.1, 0.15) is 24.7 Å². The zero-order valence-corrected chi connectivity index (χ0v) is 13.3. The molecule has 0 saturated carbocycles. The Balaban J connectivity index is 1.62. The summed E-state index contributed by atoms with van der Waals surface area (Å²) >= 11 is 0. The van der Waals surface area contributed by atoms with Crippen LogP contribution in [0.1, 0.15) is 25.5 Å². The molecule has 23 heavy (non-hydrogen) atoms. The van der Waals surface area contributed by atoms with Crippen molar-refractivity contribution >= 4 is 5.91 Å². The summed E-state index contributed by atoms with van der Waals surface area (Å²) in [6, 6.07) is 0. The van der Waals surface area contributed by atoms with Crippen molar-refractivity contribution in [1.29, 1.82) is 0 Å². The van der Waals surface area contributed by atoms with Crippen LogP contribution in [0.25, 0.3) is 0 Å². The van der Waals surface area contributed by atoms with E-state index in [0.29, 0.717) is 49.4 Å². The summed E-state index contributed by atoms with van der Waals surface area (Å²) in [5.41, 5.74) is 0.558. The number of aliphatic hydroxyl groups is 1. The van der Waals surface area contributed by atoms with Crippen molar-refractivity contribution in [1.82, 2.24) is 19.9 Å². The highest BCUT2D eigenvalue weighted by molar-refractivity contribution is 5.92. The molecule has 1 atom stereocenters. The first-order valence-corrected chi connectivity index (χ1v) is 7.93. The molecule has 1 amide bonds. The molecule has 0 bridgehead atoms. The summed E-state index contributed by atoms with van der Waals surface area (Å²) < 4.78 is 12.6. The summed E-state index contributed by atoms with van der Waals surface area (Å²) in [5, 5.41) is 16.9. The fourth-order valence-electron chi connectivity index (χ4n) is 3.02. The molecule has 1 saturated heterocycles. The van der Waals surface area contributed by atoms with Crippen LogP contribution in [0.3, 0.4) is 0 Å². The molecular weight excluding hydrogens is 300 g/mol. The van der Waals surface area contributed by atoms with E-state index in [2.05, 4.69) is 10.3 Å². The molecule has 0 radical (unpaired) electrons. The Morgan fingerprint density at radius 1 is 1.43 bits per heavy atom. The third-order valence-corrected chi connectivity index (χ3v) is 4.16. The van der Waals surface area contributed by atoms with Crippen molar-refractivity contribution in [2.24, 2.45) is 5.92 Å². The number of hydrogen-bond donors (Lipinski definition) is 1. The lowest BCUT2D eigenvalue weighted by Crippen LogP contribution is -2.43. The molecule has 0 spiro atoms. The van der Waals surface area contributed by atoms with Crippen molar-refractivity contribution < 1.29 is 19.4 Å². The number of rotatable bonds is 4. The molecule has 8 nitrogen and oxygen atoms in total. The van der Waals surface area contributed by atoms with Crippen molar-refractivity contribution in [3.05, 3.63) is 23.4 Å². The van der Waals surface area contributed by atoms with Gasteiger partial charge >= 0.3 is 0 Å². The number of aliphatic hydroxyl groups excluding tert-OH is 1. The van der Waals surface area contributed by atoms with Crippen LogP contribution in [0.5, 0.6) is 0 Å². The van der Waals surface area contributed by atoms with Crippen LogP contribution in [0.15, 0.2) is 17.7 Å². The number of hydrogen-bond acceptors (Lipinski definition) is 6. The minimum atomic E-state index is -0.111. The molecule has 1 N–H and O–H groups in total. The lowest BCUT2D eigenvalue weighted by Gasteiger charge is -2.33. The Kier molecular flexibility index (Phi) is 4.80. The number of piperidine rings is 1. The molecule has 0 aromatic carbocycles. The zero-order chi connectivity index (χ0) is 16.2. The summed E-state index contributed by atoms with van der Waals surface area (Å²) in [7, 11) is 0. The van der Waals surface area contributed by atoms with E-state index in [0.717, 1.165) is 19.4 Å². The Bertz CT molecular complexity index is 598. The van der Waals surface area contributed by atoms with Gasteiger partial charge < -0.3 is 19.5 Å². The number of amides is 1. The predicted molar refractivity (Wildman–Crippen MR) is 79.9 cm³/mol. The van der Waals surface area contributed by atoms with Gasteiger partial charge in [-0.15, -0.1) is 5.10 Å². The Hall–Kier alpha value is -2.09. The highest BCUT2D eigenvalue weighted by atomic mass is 16.6. The third-order valence-electron chi connectivity index (χ3n) is 4.16. The SMILES string of the molecule is CC1=C(C(=O)N2CCC[C@H](Cn3cc(CO)nn3)C2)OCCO1. The highest BCUT2D eigenvalue weighted by Crippen LogP contribution is 2.22. The topological polar surface area (TPSA) is 89.7 Å². The number of ether oxygens (including phenoxy) is 2. The highest BCUT2D eigenvalue weighted by Gasteiger charge is 2.29. The van der Waals surface area contributed by atoms with Crippen molar-refractivity contribution in [2.45, 2.75) is 32.9 Å². The fraction of sp³-hybridized carbons (Fsp3) is 0.667. The normalized spacial score (nSPS) is 21.8. The van der Waals surface area contributed by atoms with Crippen molar-refractivity contribution in [2.75, 3.05) is 26.3 Å². The largest absolute Gasteiger partial charge is 0.491 e. The molecule has 0 unspecified atom stereocenters. The molecule has 3 rings (SSSR count). The average Bonchev–Trinajstić information content (AvgIpc) is 3.02. The quantitative estimate of drug-likeness (QED) is 0.857. The van der Waals surface area contributed by atoms with Gasteiger partial charge in [-0.3, -0.25) is 9.48 Å². The van der Waals surface area contributed by atoms with Gasteiger partial charge in [-0.25, -0.2) is 0 Å². The van der Waals surface area contributed by atoms with Crippen LogP contribution in [-0.2, 0) is 27.4 Å². The van der Waals surface area contributed by atoms with Gasteiger partial charge in [-0.05, 0) is 25.7 Å². The standard InChI is InChI=1S/C15H22N4O4/c1-11-14(23-6-5-22-11)15(21)18-4-2-3-12(7-18)8-19-9-13(10-20)16-17-19/h9,12,20H,2-8,10H2,1H3/t12-/m0/s1. The van der Waals surface area contributed by atoms with E-state index < -0.39 is 0 Å². The molecular formula is C15H22N4O4. The molecule has 2 aliphatic rings. The van der Waals surface area contributed by atoms with Gasteiger partial charge in [-0.2, -0.15) is 0 Å². The molecule has 8 heteroatoms. The van der Waals surface area contributed by atoms with E-state index in [-0.39, 0.29) is 12.5 Å². The van der Waals surface area contributed by atoms with E-state index in [9.17, 15) is 4.79 Å². The molecule has 3 heterocycles. The maximum atomic E-state index is 12.6. The number of nitrogens with zero attached hydrogens (tertiary/aromatic N) is 4. The van der Waals surface area contributed by atoms with Crippen LogP contribution >= 0.6 is 0 Å². The molecule has 2 aliphatic heterocycles. The molecule has 1 fully saturated rings. The molecule has 126 valence electrons. The summed E-state index contributed by atoms with van der Waals surface area (Å²) in [6.45, 7) is 4.64. The second-order valence-electron chi connectivity index (χ2n) is 5.93. The van der Waals surface area contributed by atoms with Crippen LogP contribution in [-0.4, -0.2) is 57.2 Å². The second kappa shape index (κ2) is 6.99. The zero-order valence-electron chi connectivity index (χ0n) is 13.3. The van der Waals surface area contributed by atoms with Gasteiger partial charge in [0, 0.05) is 19.6 Å². The lowest BCUT2D eigenvalue weighted by atomic mass is 9.98. The monoisotopic (exact) mass is 322 g/mol. The Morgan fingerprint density at radius 3 is 3.00 bits per heavy atom. The molecule has 1 aromatic heterocycles. The van der Waals surface area contributed by atoms with Crippen LogP contribution < -0.4 is 0 Å². The van der Waals surface area contributed by atoms with E-state index in [1.165, 1.54) is 0 Å². The number of carbonyl (C=O) groups is 1. The van der Waals surface area contributed by atoms with Gasteiger partial charge in [0.25, 0.3) is 5.91 Å². The van der Waals surface area contributed by atoms with Gasteiger partial charge in [0.2, 0.25) is 5.76 Å². The van der Waals surface area contributed by atoms with Gasteiger partial charge in [-0.1, -0.05) is 5.21 Å². The first kappa shape index (κ1) is 15.8. The minimum Gasteiger partial charge on any atom is -0.491 e. The fourth-order valence-corrected chi connectivity index (χ4v) is 3.02. The summed E-state index contributed by atoms with van der Waals surface area (Å²) in [6.07, 6.45) is 3.73.